The Morgan fingerprint density at radius 1 is 1.05 bits per heavy atom. The summed E-state index contributed by atoms with van der Waals surface area (Å²) in [4.78, 5) is 22.7. The number of ether oxygens (including phenoxy) is 1. The molecule has 1 amide bonds. The molecular weight excluding hydrogens is 486 g/mol. The second kappa shape index (κ2) is 12.5. The quantitative estimate of drug-likeness (QED) is 0.377. The first-order chi connectivity index (χ1) is 17.9. The average Bonchev–Trinajstić information content (AvgIpc) is 3.24. The smallest absolute Gasteiger partial charge is 0.271 e. The summed E-state index contributed by atoms with van der Waals surface area (Å²) in [6, 6.07) is 14.0. The minimum atomic E-state index is -0.121. The van der Waals surface area contributed by atoms with Gasteiger partial charge < -0.3 is 15.0 Å². The van der Waals surface area contributed by atoms with Gasteiger partial charge in [0.15, 0.2) is 0 Å². The van der Waals surface area contributed by atoms with E-state index in [0.29, 0.717) is 12.2 Å². The number of piperazine rings is 1. The van der Waals surface area contributed by atoms with Gasteiger partial charge in [-0.05, 0) is 63.1 Å². The lowest BCUT2D eigenvalue weighted by atomic mass is 10.1. The summed E-state index contributed by atoms with van der Waals surface area (Å²) in [6.45, 7) is 11.7. The van der Waals surface area contributed by atoms with Gasteiger partial charge in [0.05, 0.1) is 18.5 Å². The van der Waals surface area contributed by atoms with E-state index in [1.54, 1.807) is 7.11 Å². The molecule has 0 bridgehead atoms. The number of nitrogens with one attached hydrogen (secondary N) is 1. The van der Waals surface area contributed by atoms with Gasteiger partial charge in [-0.2, -0.15) is 0 Å². The Morgan fingerprint density at radius 3 is 2.51 bits per heavy atom. The zero-order valence-corrected chi connectivity index (χ0v) is 23.1. The Labute approximate surface area is 225 Å². The lowest BCUT2D eigenvalue weighted by Crippen LogP contribution is -2.47. The molecule has 0 radical (unpaired) electrons. The van der Waals surface area contributed by atoms with Gasteiger partial charge in [-0.25, -0.2) is 4.98 Å². The summed E-state index contributed by atoms with van der Waals surface area (Å²) >= 11 is 6.31. The Bertz CT molecular complexity index is 1220. The number of hydrogen-bond acceptors (Lipinski definition) is 5. The van der Waals surface area contributed by atoms with Crippen LogP contribution in [-0.4, -0.2) is 66.7 Å². The zero-order chi connectivity index (χ0) is 26.4. The third-order valence-corrected chi connectivity index (χ3v) is 7.49. The lowest BCUT2D eigenvalue weighted by molar-refractivity contribution is 0.0946. The monoisotopic (exact) mass is 523 g/mol. The van der Waals surface area contributed by atoms with Crippen LogP contribution in [0.15, 0.2) is 42.5 Å². The van der Waals surface area contributed by atoms with Crippen molar-refractivity contribution in [3.8, 4) is 11.4 Å². The van der Waals surface area contributed by atoms with Gasteiger partial charge in [-0.1, -0.05) is 36.7 Å². The molecule has 37 heavy (non-hydrogen) atoms. The fourth-order valence-corrected chi connectivity index (χ4v) is 5.21. The molecule has 198 valence electrons. The largest absolute Gasteiger partial charge is 0.495 e. The van der Waals surface area contributed by atoms with Crippen LogP contribution in [0.2, 0.25) is 5.02 Å². The van der Waals surface area contributed by atoms with Gasteiger partial charge in [-0.3, -0.25) is 14.3 Å². The summed E-state index contributed by atoms with van der Waals surface area (Å²) < 4.78 is 7.63. The highest BCUT2D eigenvalue weighted by Gasteiger charge is 2.22. The average molecular weight is 524 g/mol. The first-order valence-electron chi connectivity index (χ1n) is 13.2. The first kappa shape index (κ1) is 27.0. The Kier molecular flexibility index (Phi) is 9.11. The maximum absolute atomic E-state index is 13.1. The Hall–Kier alpha value is -3.03. The molecule has 0 aliphatic carbocycles. The summed E-state index contributed by atoms with van der Waals surface area (Å²) in [6.07, 6.45) is 2.62. The van der Waals surface area contributed by atoms with Crippen molar-refractivity contribution < 1.29 is 9.53 Å². The number of benzene rings is 2. The van der Waals surface area contributed by atoms with Crippen LogP contribution in [-0.2, 0) is 6.42 Å². The number of carbonyl (C=O) groups is 1. The van der Waals surface area contributed by atoms with E-state index in [1.807, 2.05) is 43.3 Å². The minimum absolute atomic E-state index is 0.121. The third-order valence-electron chi connectivity index (χ3n) is 7.08. The van der Waals surface area contributed by atoms with Crippen molar-refractivity contribution in [3.63, 3.8) is 0 Å². The molecular formula is C29H38ClN5O2. The predicted molar refractivity (Wildman–Crippen MR) is 151 cm³/mol. The van der Waals surface area contributed by atoms with E-state index >= 15 is 0 Å². The van der Waals surface area contributed by atoms with E-state index in [1.165, 1.54) is 5.69 Å². The zero-order valence-electron chi connectivity index (χ0n) is 22.4. The van der Waals surface area contributed by atoms with Crippen molar-refractivity contribution in [1.82, 2.24) is 19.8 Å². The molecule has 1 N–H and O–H groups in total. The second-order valence-corrected chi connectivity index (χ2v) is 9.95. The number of imidazole rings is 1. The maximum Gasteiger partial charge on any atom is 0.271 e. The van der Waals surface area contributed by atoms with Crippen LogP contribution in [0.25, 0.3) is 5.69 Å². The second-order valence-electron chi connectivity index (χ2n) is 9.54. The number of methoxy groups -OCH3 is 1. The summed E-state index contributed by atoms with van der Waals surface area (Å²) in [5.41, 5.74) is 4.60. The van der Waals surface area contributed by atoms with Gasteiger partial charge in [0.1, 0.15) is 17.3 Å². The highest BCUT2D eigenvalue weighted by molar-refractivity contribution is 6.31. The summed E-state index contributed by atoms with van der Waals surface area (Å²) in [7, 11) is 1.66. The van der Waals surface area contributed by atoms with Crippen LogP contribution in [0.3, 0.4) is 0 Å². The fourth-order valence-electron chi connectivity index (χ4n) is 5.04. The third kappa shape index (κ3) is 6.11. The number of para-hydroxylation sites is 2. The van der Waals surface area contributed by atoms with E-state index in [-0.39, 0.29) is 5.91 Å². The molecule has 1 saturated heterocycles. The van der Waals surface area contributed by atoms with Gasteiger partial charge in [-0.15, -0.1) is 0 Å². The highest BCUT2D eigenvalue weighted by Crippen LogP contribution is 2.28. The maximum atomic E-state index is 13.1. The molecule has 0 unspecified atom stereocenters. The van der Waals surface area contributed by atoms with Crippen LogP contribution in [0.5, 0.6) is 5.75 Å². The van der Waals surface area contributed by atoms with Gasteiger partial charge in [0.25, 0.3) is 5.91 Å². The Balaban J connectivity index is 1.31. The number of nitrogens with zero attached hydrogens (tertiary/aromatic N) is 4. The number of hydrogen-bond donors (Lipinski definition) is 1. The van der Waals surface area contributed by atoms with E-state index in [0.717, 1.165) is 85.5 Å². The molecule has 7 nitrogen and oxygen atoms in total. The first-order valence-corrected chi connectivity index (χ1v) is 13.5. The minimum Gasteiger partial charge on any atom is -0.495 e. The van der Waals surface area contributed by atoms with Crippen LogP contribution in [0.1, 0.15) is 47.3 Å². The number of amides is 1. The molecule has 4 rings (SSSR count). The van der Waals surface area contributed by atoms with Gasteiger partial charge in [0.2, 0.25) is 0 Å². The van der Waals surface area contributed by atoms with Crippen LogP contribution in [0, 0.1) is 13.8 Å². The molecule has 0 spiro atoms. The molecule has 1 aromatic heterocycles. The van der Waals surface area contributed by atoms with Crippen molar-refractivity contribution in [2.75, 3.05) is 51.3 Å². The fraction of sp³-hybridized carbons (Fsp3) is 0.448. The van der Waals surface area contributed by atoms with Crippen molar-refractivity contribution >= 4 is 23.2 Å². The van der Waals surface area contributed by atoms with Crippen molar-refractivity contribution in [2.45, 2.75) is 40.0 Å². The molecule has 0 atom stereocenters. The van der Waals surface area contributed by atoms with E-state index in [4.69, 9.17) is 21.3 Å². The summed E-state index contributed by atoms with van der Waals surface area (Å²) in [5, 5.41) is 3.91. The highest BCUT2D eigenvalue weighted by atomic mass is 35.5. The summed E-state index contributed by atoms with van der Waals surface area (Å²) in [5.74, 6) is 1.52. The predicted octanol–water partition coefficient (Wildman–Crippen LogP) is 5.05. The normalized spacial score (nSPS) is 14.1. The number of carbonyl (C=O) groups excluding carboxylic acids is 1. The molecule has 3 aromatic rings. The molecule has 1 aliphatic rings. The van der Waals surface area contributed by atoms with Crippen molar-refractivity contribution in [2.24, 2.45) is 0 Å². The molecule has 1 aliphatic heterocycles. The van der Waals surface area contributed by atoms with Crippen molar-refractivity contribution in [1.29, 1.82) is 0 Å². The number of aromatic nitrogens is 2. The number of rotatable bonds is 10. The molecule has 8 heteroatoms. The van der Waals surface area contributed by atoms with E-state index in [9.17, 15) is 4.79 Å². The van der Waals surface area contributed by atoms with E-state index in [2.05, 4.69) is 39.6 Å². The number of anilines is 1. The van der Waals surface area contributed by atoms with Gasteiger partial charge >= 0.3 is 0 Å². The number of halogens is 1. The SMILES string of the molecule is CCCc1nc(C(=O)NCCCN2CCN(c3cccc(Cl)c3C)CC2)c(C)n1-c1ccccc1OC. The standard InChI is InChI=1S/C29H38ClN5O2/c1-5-10-27-32-28(22(3)35(27)25-12-6-7-14-26(25)37-4)29(36)31-15-9-16-33-17-19-34(20-18-33)24-13-8-11-23(30)21(24)2/h6-8,11-14H,5,9-10,15-20H2,1-4H3,(H,31,36). The Morgan fingerprint density at radius 2 is 1.78 bits per heavy atom. The van der Waals surface area contributed by atoms with Crippen LogP contribution >= 0.6 is 11.6 Å². The molecule has 0 saturated carbocycles. The van der Waals surface area contributed by atoms with Gasteiger partial charge in [0, 0.05) is 49.9 Å². The molecule has 2 heterocycles. The topological polar surface area (TPSA) is 62.6 Å². The van der Waals surface area contributed by atoms with Crippen LogP contribution in [0.4, 0.5) is 5.69 Å². The molecule has 1 fully saturated rings. The van der Waals surface area contributed by atoms with Crippen molar-refractivity contribution in [3.05, 3.63) is 70.3 Å². The lowest BCUT2D eigenvalue weighted by Gasteiger charge is -2.37. The number of aryl methyl sites for hydroxylation is 1. The van der Waals surface area contributed by atoms with Crippen LogP contribution < -0.4 is 15.0 Å². The van der Waals surface area contributed by atoms with E-state index < -0.39 is 0 Å². The molecule has 2 aromatic carbocycles.